The Morgan fingerprint density at radius 3 is 2.24 bits per heavy atom. The van der Waals surface area contributed by atoms with Gasteiger partial charge in [-0.05, 0) is 48.0 Å². The molecule has 0 unspecified atom stereocenters. The number of benzene rings is 3. The molecule has 34 heavy (non-hydrogen) atoms. The van der Waals surface area contributed by atoms with Crippen molar-refractivity contribution in [3.8, 4) is 0 Å². The van der Waals surface area contributed by atoms with E-state index in [4.69, 9.17) is 58.0 Å². The molecular formula is C24H18Cl5N3O2. The number of nitrogens with one attached hydrogen (secondary N) is 2. The fourth-order valence-corrected chi connectivity index (χ4v) is 5.04. The third-order valence-corrected chi connectivity index (χ3v) is 7.54. The second kappa shape index (κ2) is 9.84. The lowest BCUT2D eigenvalue weighted by Gasteiger charge is -2.20. The molecular weight excluding hydrogens is 540 g/mol. The number of carbonyl (C=O) groups is 2. The van der Waals surface area contributed by atoms with Gasteiger partial charge in [0.2, 0.25) is 5.91 Å². The maximum absolute atomic E-state index is 13.0. The van der Waals surface area contributed by atoms with Crippen molar-refractivity contribution in [3.63, 3.8) is 0 Å². The Morgan fingerprint density at radius 1 is 0.882 bits per heavy atom. The van der Waals surface area contributed by atoms with E-state index in [9.17, 15) is 9.59 Å². The average molecular weight is 558 g/mol. The molecule has 5 nitrogen and oxygen atoms in total. The second-order valence-corrected chi connectivity index (χ2v) is 10.5. The molecule has 4 rings (SSSR count). The Kier molecular flexibility index (Phi) is 7.22. The van der Waals surface area contributed by atoms with E-state index in [1.165, 1.54) is 12.1 Å². The van der Waals surface area contributed by atoms with Gasteiger partial charge in [-0.2, -0.15) is 0 Å². The lowest BCUT2D eigenvalue weighted by atomic mass is 10.1. The monoisotopic (exact) mass is 555 g/mol. The number of para-hydroxylation sites is 1. The summed E-state index contributed by atoms with van der Waals surface area (Å²) in [6.07, 6.45) is 0. The van der Waals surface area contributed by atoms with Crippen molar-refractivity contribution in [2.24, 2.45) is 5.92 Å². The Bertz CT molecular complexity index is 1250. The van der Waals surface area contributed by atoms with Gasteiger partial charge in [0.05, 0.1) is 32.2 Å². The number of hydrogen-bond donors (Lipinski definition) is 2. The van der Waals surface area contributed by atoms with Gasteiger partial charge in [-0.15, -0.1) is 23.2 Å². The predicted molar refractivity (Wildman–Crippen MR) is 140 cm³/mol. The minimum absolute atomic E-state index is 0.196. The van der Waals surface area contributed by atoms with E-state index in [-0.39, 0.29) is 10.6 Å². The van der Waals surface area contributed by atoms with Gasteiger partial charge in [-0.25, -0.2) is 0 Å². The molecule has 1 fully saturated rings. The third-order valence-electron chi connectivity index (χ3n) is 5.53. The molecule has 0 spiro atoms. The van der Waals surface area contributed by atoms with E-state index in [1.807, 2.05) is 30.3 Å². The highest BCUT2D eigenvalue weighted by Gasteiger charge is 2.67. The summed E-state index contributed by atoms with van der Waals surface area (Å²) in [5, 5.41) is 5.33. The molecule has 1 saturated carbocycles. The number of rotatable bonds is 6. The Balaban J connectivity index is 1.48. The normalized spacial score (nSPS) is 18.2. The van der Waals surface area contributed by atoms with Crippen LogP contribution >= 0.6 is 58.0 Å². The summed E-state index contributed by atoms with van der Waals surface area (Å²) in [6, 6.07) is 18.9. The van der Waals surface area contributed by atoms with Crippen LogP contribution in [0.1, 0.15) is 21.8 Å². The van der Waals surface area contributed by atoms with E-state index in [0.717, 1.165) is 5.69 Å². The maximum atomic E-state index is 13.0. The first-order valence-electron chi connectivity index (χ1n) is 10.1. The van der Waals surface area contributed by atoms with E-state index < -0.39 is 28.0 Å². The van der Waals surface area contributed by atoms with E-state index in [2.05, 4.69) is 10.7 Å². The summed E-state index contributed by atoms with van der Waals surface area (Å²) in [5.74, 6) is -2.00. The van der Waals surface area contributed by atoms with Crippen molar-refractivity contribution < 1.29 is 9.59 Å². The SMILES string of the molecule is CN(NC(=O)c1cc(NC(=O)[C@H]2[C@H](c3ccc(Cl)c(Cl)c3)C2(Cl)Cl)ccc1Cl)c1ccccc1. The van der Waals surface area contributed by atoms with E-state index in [0.29, 0.717) is 21.3 Å². The van der Waals surface area contributed by atoms with Crippen LogP contribution in [-0.2, 0) is 4.79 Å². The second-order valence-electron chi connectivity index (χ2n) is 7.82. The molecule has 0 aliphatic heterocycles. The van der Waals surface area contributed by atoms with Gasteiger partial charge in [0.15, 0.2) is 0 Å². The van der Waals surface area contributed by atoms with Gasteiger partial charge in [0.1, 0.15) is 4.33 Å². The lowest BCUT2D eigenvalue weighted by molar-refractivity contribution is -0.117. The molecule has 10 heteroatoms. The summed E-state index contributed by atoms with van der Waals surface area (Å²) in [7, 11) is 1.71. The summed E-state index contributed by atoms with van der Waals surface area (Å²) in [5.41, 5.74) is 4.83. The molecule has 176 valence electrons. The summed E-state index contributed by atoms with van der Waals surface area (Å²) < 4.78 is -1.30. The van der Waals surface area contributed by atoms with E-state index >= 15 is 0 Å². The molecule has 0 heterocycles. The van der Waals surface area contributed by atoms with Gasteiger partial charge >= 0.3 is 0 Å². The number of alkyl halides is 2. The Hall–Kier alpha value is -2.15. The summed E-state index contributed by atoms with van der Waals surface area (Å²) in [4.78, 5) is 25.8. The molecule has 3 aromatic rings. The van der Waals surface area contributed by atoms with Gasteiger partial charge in [-0.1, -0.05) is 59.1 Å². The van der Waals surface area contributed by atoms with Crippen LogP contribution in [0.15, 0.2) is 66.7 Å². The van der Waals surface area contributed by atoms with Crippen LogP contribution in [0.3, 0.4) is 0 Å². The molecule has 0 radical (unpaired) electrons. The zero-order valence-corrected chi connectivity index (χ0v) is 21.4. The zero-order chi connectivity index (χ0) is 24.6. The van der Waals surface area contributed by atoms with Gasteiger partial charge in [0.25, 0.3) is 5.91 Å². The quantitative estimate of drug-likeness (QED) is 0.255. The molecule has 3 aromatic carbocycles. The lowest BCUT2D eigenvalue weighted by Crippen LogP contribution is -2.39. The minimum atomic E-state index is -1.30. The molecule has 1 aliphatic carbocycles. The maximum Gasteiger partial charge on any atom is 0.271 e. The number of nitrogens with zero attached hydrogens (tertiary/aromatic N) is 1. The molecule has 2 amide bonds. The van der Waals surface area contributed by atoms with Gasteiger partial charge < -0.3 is 5.32 Å². The van der Waals surface area contributed by atoms with Crippen molar-refractivity contribution in [1.82, 2.24) is 5.43 Å². The van der Waals surface area contributed by atoms with Crippen molar-refractivity contribution in [3.05, 3.63) is 92.9 Å². The first-order chi connectivity index (χ1) is 16.1. The number of hydrogen-bond acceptors (Lipinski definition) is 3. The molecule has 2 N–H and O–H groups in total. The minimum Gasteiger partial charge on any atom is -0.326 e. The first kappa shape index (κ1) is 25.0. The van der Waals surface area contributed by atoms with Gasteiger partial charge in [-0.3, -0.25) is 20.0 Å². The highest BCUT2D eigenvalue weighted by atomic mass is 35.5. The number of halogens is 5. The molecule has 0 bridgehead atoms. The highest BCUT2D eigenvalue weighted by Crippen LogP contribution is 2.65. The number of carbonyl (C=O) groups excluding carboxylic acids is 2. The van der Waals surface area contributed by atoms with Crippen LogP contribution in [0, 0.1) is 5.92 Å². The smallest absolute Gasteiger partial charge is 0.271 e. The molecule has 0 aromatic heterocycles. The first-order valence-corrected chi connectivity index (χ1v) is 12.0. The fourth-order valence-electron chi connectivity index (χ4n) is 3.70. The standard InChI is InChI=1S/C24H18Cl5N3O2/c1-32(15-5-3-2-4-6-15)31-22(33)16-12-14(8-10-17(16)25)30-23(34)21-20(24(21,28)29)13-7-9-18(26)19(27)11-13/h2-12,20-21H,1H3,(H,30,34)(H,31,33)/t20-,21+/m0/s1. The number of hydrazine groups is 1. The predicted octanol–water partition coefficient (Wildman–Crippen LogP) is 6.95. The average Bonchev–Trinajstić information content (AvgIpc) is 3.39. The number of anilines is 2. The van der Waals surface area contributed by atoms with Crippen LogP contribution in [0.4, 0.5) is 11.4 Å². The topological polar surface area (TPSA) is 61.4 Å². The molecule has 1 aliphatic rings. The Labute approximate surface area is 221 Å². The van der Waals surface area contributed by atoms with Crippen LogP contribution in [-0.4, -0.2) is 23.2 Å². The number of amides is 2. The van der Waals surface area contributed by atoms with Crippen LogP contribution in [0.5, 0.6) is 0 Å². The van der Waals surface area contributed by atoms with Crippen LogP contribution in [0.2, 0.25) is 15.1 Å². The van der Waals surface area contributed by atoms with Crippen molar-refractivity contribution in [2.75, 3.05) is 17.4 Å². The Morgan fingerprint density at radius 2 is 1.56 bits per heavy atom. The van der Waals surface area contributed by atoms with Crippen molar-refractivity contribution in [2.45, 2.75) is 10.3 Å². The van der Waals surface area contributed by atoms with Crippen molar-refractivity contribution in [1.29, 1.82) is 0 Å². The van der Waals surface area contributed by atoms with Crippen LogP contribution < -0.4 is 15.8 Å². The molecule has 2 atom stereocenters. The summed E-state index contributed by atoms with van der Waals surface area (Å²) in [6.45, 7) is 0. The highest BCUT2D eigenvalue weighted by molar-refractivity contribution is 6.53. The summed E-state index contributed by atoms with van der Waals surface area (Å²) >= 11 is 31.2. The third kappa shape index (κ3) is 5.09. The zero-order valence-electron chi connectivity index (χ0n) is 17.7. The fraction of sp³-hybridized carbons (Fsp3) is 0.167. The molecule has 0 saturated heterocycles. The van der Waals surface area contributed by atoms with Crippen molar-refractivity contribution >= 4 is 81.2 Å². The largest absolute Gasteiger partial charge is 0.326 e. The van der Waals surface area contributed by atoms with E-state index in [1.54, 1.807) is 36.3 Å². The van der Waals surface area contributed by atoms with Crippen LogP contribution in [0.25, 0.3) is 0 Å². The van der Waals surface area contributed by atoms with Gasteiger partial charge in [0, 0.05) is 18.7 Å².